The Morgan fingerprint density at radius 3 is 0.826 bits per heavy atom. The zero-order valence-electron chi connectivity index (χ0n) is 70.7. The minimum Gasteiger partial charge on any atom is -0.489 e. The Kier molecular flexibility index (Phi) is 18.2. The average Bonchev–Trinajstić information content (AvgIpc) is 1.55. The first kappa shape index (κ1) is 79.2. The highest BCUT2D eigenvalue weighted by atomic mass is 35.5. The molecule has 16 aromatic rings. The summed E-state index contributed by atoms with van der Waals surface area (Å²) in [6, 6.07) is 45.2. The molecule has 0 saturated heterocycles. The van der Waals surface area contributed by atoms with Crippen molar-refractivity contribution in [3.05, 3.63) is 282 Å². The van der Waals surface area contributed by atoms with Gasteiger partial charge in [0, 0.05) is 141 Å². The van der Waals surface area contributed by atoms with Crippen LogP contribution in [0.15, 0.2) is 170 Å². The lowest BCUT2D eigenvalue weighted by Gasteiger charge is -2.19. The molecule has 16 heterocycles. The summed E-state index contributed by atoms with van der Waals surface area (Å²) in [5.74, 6) is 15.8. The van der Waals surface area contributed by atoms with E-state index in [2.05, 4.69) is 83.2 Å². The van der Waals surface area contributed by atoms with Gasteiger partial charge in [-0.15, -0.1) is 0 Å². The lowest BCUT2D eigenvalue weighted by atomic mass is 10.1. The fourth-order valence-electron chi connectivity index (χ4n) is 20.1. The molecule has 32 heteroatoms. The van der Waals surface area contributed by atoms with Crippen LogP contribution in [-0.2, 0) is 44.9 Å². The lowest BCUT2D eigenvalue weighted by molar-refractivity contribution is -0.117. The van der Waals surface area contributed by atoms with Gasteiger partial charge in [-0.1, -0.05) is 23.2 Å². The van der Waals surface area contributed by atoms with Crippen LogP contribution in [-0.4, -0.2) is 108 Å². The van der Waals surface area contributed by atoms with E-state index < -0.39 is 0 Å². The summed E-state index contributed by atoms with van der Waals surface area (Å²) < 4.78 is 77.5. The highest BCUT2D eigenvalue weighted by Crippen LogP contribution is 2.67. The number of anilines is 4. The van der Waals surface area contributed by atoms with Crippen LogP contribution < -0.4 is 59.2 Å². The van der Waals surface area contributed by atoms with Crippen molar-refractivity contribution in [1.82, 2.24) is 59.8 Å². The predicted molar refractivity (Wildman–Crippen MR) is 484 cm³/mol. The van der Waals surface area contributed by atoms with Gasteiger partial charge in [-0.25, -0.2) is 48.7 Å². The van der Waals surface area contributed by atoms with Gasteiger partial charge in [0.05, 0.1) is 67.8 Å². The second-order valence-corrected chi connectivity index (χ2v) is 36.3. The van der Waals surface area contributed by atoms with Gasteiger partial charge >= 0.3 is 0 Å². The van der Waals surface area contributed by atoms with Gasteiger partial charge in [-0.3, -0.25) is 19.2 Å². The van der Waals surface area contributed by atoms with Crippen LogP contribution in [0, 0.1) is 39.3 Å². The molecule has 28 nitrogen and oxygen atoms in total. The van der Waals surface area contributed by atoms with Crippen LogP contribution in [0.5, 0.6) is 69.0 Å². The molecule has 4 amide bonds. The zero-order chi connectivity index (χ0) is 89.1. The summed E-state index contributed by atoms with van der Waals surface area (Å²) in [6.45, 7) is 7.47. The summed E-state index contributed by atoms with van der Waals surface area (Å²) in [6.07, 6.45) is 10.9. The molecule has 656 valence electrons. The maximum Gasteiger partial charge on any atom is 0.225 e. The summed E-state index contributed by atoms with van der Waals surface area (Å²) in [5.41, 5.74) is 18.0. The number of hydrogen-bond acceptors (Lipinski definition) is 20. The number of benzene rings is 8. The molecule has 0 unspecified atom stereocenters. The van der Waals surface area contributed by atoms with Gasteiger partial charge in [0.1, 0.15) is 152 Å². The molecule has 4 fully saturated rings. The first-order chi connectivity index (χ1) is 64.2. The topological polar surface area (TPSA) is 357 Å². The summed E-state index contributed by atoms with van der Waals surface area (Å²) in [5, 5.41) is 12.7. The number of nitrogens with one attached hydrogen (secondary N) is 8. The molecule has 0 radical (unpaired) electrons. The normalized spacial score (nSPS) is 22.2. The van der Waals surface area contributed by atoms with Gasteiger partial charge in [-0.05, 0) is 209 Å². The standard InChI is InChI=1S/2C25H19ClN4O3.2C25H19FN4O3/c4*1-11-8-16-17(10-15(11)26)29-25(28-16)22-21-14-9-12(2-4-18(14)33-23(21)22)32-19-6-7-27-24-13(19)3-5-20(31)30-24/h4*2,4,6-10,21-23H,3,5H2,1H3,(H,28,29)(H,27,30,31)/t4*21-,22-,23-/m1010/s1. The number of amides is 4. The van der Waals surface area contributed by atoms with E-state index >= 15 is 0 Å². The summed E-state index contributed by atoms with van der Waals surface area (Å²) in [7, 11) is 0. The van der Waals surface area contributed by atoms with Crippen molar-refractivity contribution in [3.8, 4) is 69.0 Å². The van der Waals surface area contributed by atoms with E-state index in [-0.39, 0.29) is 107 Å². The minimum atomic E-state index is -0.252. The Morgan fingerprint density at radius 2 is 0.561 bits per heavy atom. The number of aryl methyl sites for hydroxylation is 4. The maximum absolute atomic E-state index is 13.9. The van der Waals surface area contributed by atoms with Crippen molar-refractivity contribution >= 4 is 114 Å². The number of nitrogens with zero attached hydrogens (tertiary/aromatic N) is 8. The van der Waals surface area contributed by atoms with E-state index in [1.165, 1.54) is 12.1 Å². The molecule has 8 aliphatic heterocycles. The molecular weight excluding hydrogens is 1730 g/mol. The molecular formula is C100H76Cl2F2N16O12. The fraction of sp³-hybridized carbons (Fsp3) is 0.240. The third kappa shape index (κ3) is 13.8. The number of H-pyrrole nitrogens is 4. The highest BCUT2D eigenvalue weighted by molar-refractivity contribution is 6.32. The number of aromatic nitrogens is 12. The van der Waals surface area contributed by atoms with Crippen LogP contribution in [0.25, 0.3) is 44.1 Å². The molecule has 8 aromatic heterocycles. The quantitative estimate of drug-likeness (QED) is 0.0563. The Bertz CT molecular complexity index is 6660. The van der Waals surface area contributed by atoms with Crippen molar-refractivity contribution in [2.45, 2.75) is 151 Å². The van der Waals surface area contributed by atoms with Gasteiger partial charge in [0.25, 0.3) is 0 Å². The van der Waals surface area contributed by atoms with Gasteiger partial charge in [0.2, 0.25) is 23.6 Å². The SMILES string of the molecule is Cc1cc2[nH]c([C@@H]3[C@H]4Oc5ccc(Oc6ccnc7c6CCC(=O)N7)cc5[C@H]43)nc2cc1Cl.Cc1cc2[nH]c([C@@H]3[C@H]4Oc5ccc(Oc6ccnc7c6CCC(=O)N7)cc5[C@H]43)nc2cc1F.Cc1cc2[nH]c([C@H]3[C@@H]4Oc5ccc(Oc6ccnc7c6CCC(=O)N7)cc5[C@@H]43)nc2cc1Cl.Cc1cc2[nH]c([C@H]3[C@@H]4Oc5ccc(Oc6ccnc7c6CCC(=O)N7)cc5[C@@H]43)nc2cc1F. The number of carbonyl (C=O) groups is 4. The summed E-state index contributed by atoms with van der Waals surface area (Å²) >= 11 is 12.5. The molecule has 12 atom stereocenters. The number of ether oxygens (including phenoxy) is 8. The Hall–Kier alpha value is -15.0. The van der Waals surface area contributed by atoms with Crippen molar-refractivity contribution in [2.75, 3.05) is 21.3 Å². The number of rotatable bonds is 12. The minimum absolute atomic E-state index is 0.0179. The third-order valence-corrected chi connectivity index (χ3v) is 27.8. The van der Waals surface area contributed by atoms with E-state index in [9.17, 15) is 28.0 Å². The number of imidazole rings is 4. The molecule has 28 rings (SSSR count). The predicted octanol–water partition coefficient (Wildman–Crippen LogP) is 19.9. The smallest absolute Gasteiger partial charge is 0.225 e. The van der Waals surface area contributed by atoms with Crippen LogP contribution in [0.1, 0.15) is 163 Å². The van der Waals surface area contributed by atoms with E-state index in [0.717, 1.165) is 157 Å². The zero-order valence-corrected chi connectivity index (χ0v) is 72.3. The fourth-order valence-corrected chi connectivity index (χ4v) is 20.4. The molecule has 8 N–H and O–H groups in total. The number of aromatic amines is 4. The van der Waals surface area contributed by atoms with E-state index in [0.29, 0.717) is 131 Å². The number of pyridine rings is 4. The number of hydrogen-bond donors (Lipinski definition) is 8. The Balaban J connectivity index is 0.0000000945. The molecule has 12 aliphatic rings. The molecule has 8 aromatic carbocycles. The molecule has 4 saturated carbocycles. The monoisotopic (exact) mass is 1800 g/mol. The number of fused-ring (bicyclic) bond motifs is 20. The number of halogens is 4. The first-order valence-electron chi connectivity index (χ1n) is 43.9. The number of carbonyl (C=O) groups excluding carboxylic acids is 4. The average molecular weight is 1800 g/mol. The first-order valence-corrected chi connectivity index (χ1v) is 44.6. The van der Waals surface area contributed by atoms with Crippen molar-refractivity contribution in [1.29, 1.82) is 0 Å². The van der Waals surface area contributed by atoms with E-state index in [1.807, 2.05) is 123 Å². The van der Waals surface area contributed by atoms with Crippen LogP contribution in [0.2, 0.25) is 10.0 Å². The molecule has 132 heavy (non-hydrogen) atoms. The molecule has 4 aliphatic carbocycles. The second-order valence-electron chi connectivity index (χ2n) is 35.4. The second kappa shape index (κ2) is 30.3. The van der Waals surface area contributed by atoms with Crippen molar-refractivity contribution < 1.29 is 65.9 Å². The van der Waals surface area contributed by atoms with E-state index in [1.54, 1.807) is 50.8 Å². The largest absolute Gasteiger partial charge is 0.489 e. The Morgan fingerprint density at radius 1 is 0.311 bits per heavy atom. The van der Waals surface area contributed by atoms with Crippen LogP contribution >= 0.6 is 23.2 Å². The van der Waals surface area contributed by atoms with E-state index in [4.69, 9.17) is 71.1 Å². The molecule has 0 spiro atoms. The van der Waals surface area contributed by atoms with Gasteiger partial charge < -0.3 is 79.1 Å². The maximum atomic E-state index is 13.9. The van der Waals surface area contributed by atoms with Crippen molar-refractivity contribution in [3.63, 3.8) is 0 Å². The van der Waals surface area contributed by atoms with Crippen LogP contribution in [0.4, 0.5) is 32.1 Å². The summed E-state index contributed by atoms with van der Waals surface area (Å²) in [4.78, 5) is 96.2. The van der Waals surface area contributed by atoms with Gasteiger partial charge in [0.15, 0.2) is 0 Å². The van der Waals surface area contributed by atoms with Crippen LogP contribution in [0.3, 0.4) is 0 Å². The molecule has 0 bridgehead atoms. The van der Waals surface area contributed by atoms with Gasteiger partial charge in [-0.2, -0.15) is 0 Å². The lowest BCUT2D eigenvalue weighted by Crippen LogP contribution is -2.20. The highest BCUT2D eigenvalue weighted by Gasteiger charge is 2.64. The third-order valence-electron chi connectivity index (χ3n) is 27.0. The Labute approximate surface area is 758 Å². The van der Waals surface area contributed by atoms with Crippen molar-refractivity contribution in [2.24, 2.45) is 0 Å².